The summed E-state index contributed by atoms with van der Waals surface area (Å²) >= 11 is 0. The summed E-state index contributed by atoms with van der Waals surface area (Å²) in [6, 6.07) is 24.5. The quantitative estimate of drug-likeness (QED) is 0.774. The molecule has 2 heterocycles. The minimum Gasteiger partial charge on any atom is -0.384 e. The number of anilines is 1. The smallest absolute Gasteiger partial charge is 0.255 e. The fraction of sp³-hybridized carbons (Fsp3) is 0.217. The summed E-state index contributed by atoms with van der Waals surface area (Å²) in [6.45, 7) is 1.41. The number of nitrogens with two attached hydrogens (primary N) is 1. The number of aromatic nitrogens is 1. The van der Waals surface area contributed by atoms with Crippen molar-refractivity contribution in [1.82, 2.24) is 9.88 Å². The third kappa shape index (κ3) is 3.31. The van der Waals surface area contributed by atoms with E-state index in [4.69, 9.17) is 5.73 Å². The minimum absolute atomic E-state index is 0.0124. The lowest BCUT2D eigenvalue weighted by Crippen LogP contribution is -2.49. The Morgan fingerprint density at radius 3 is 2.11 bits per heavy atom. The van der Waals surface area contributed by atoms with E-state index in [1.807, 2.05) is 17.0 Å². The molecular weight excluding hydrogens is 334 g/mol. The lowest BCUT2D eigenvalue weighted by molar-refractivity contribution is 0.0666. The maximum Gasteiger partial charge on any atom is 0.255 e. The van der Waals surface area contributed by atoms with Crippen molar-refractivity contribution in [1.29, 1.82) is 0 Å². The summed E-state index contributed by atoms with van der Waals surface area (Å²) in [6.07, 6.45) is 3.54. The number of hydrogen-bond donors (Lipinski definition) is 1. The molecule has 0 bridgehead atoms. The Morgan fingerprint density at radius 1 is 0.926 bits per heavy atom. The van der Waals surface area contributed by atoms with E-state index in [2.05, 4.69) is 53.5 Å². The first-order chi connectivity index (χ1) is 13.2. The second-order valence-corrected chi connectivity index (χ2v) is 7.12. The first kappa shape index (κ1) is 17.3. The number of rotatable bonds is 3. The summed E-state index contributed by atoms with van der Waals surface area (Å²) in [5, 5.41) is 0. The monoisotopic (exact) mass is 357 g/mol. The van der Waals surface area contributed by atoms with Crippen LogP contribution in [0.15, 0.2) is 79.0 Å². The van der Waals surface area contributed by atoms with Gasteiger partial charge in [0.15, 0.2) is 0 Å². The summed E-state index contributed by atoms with van der Waals surface area (Å²) in [7, 11) is 0. The molecule has 0 radical (unpaired) electrons. The molecule has 0 aliphatic carbocycles. The highest BCUT2D eigenvalue weighted by molar-refractivity contribution is 5.94. The van der Waals surface area contributed by atoms with E-state index in [1.165, 1.54) is 11.1 Å². The Bertz CT molecular complexity index is 868. The van der Waals surface area contributed by atoms with Crippen LogP contribution in [0.3, 0.4) is 0 Å². The van der Waals surface area contributed by atoms with Crippen LogP contribution in [-0.2, 0) is 5.41 Å². The summed E-state index contributed by atoms with van der Waals surface area (Å²) in [4.78, 5) is 19.1. The first-order valence-corrected chi connectivity index (χ1v) is 9.31. The molecule has 2 aromatic carbocycles. The topological polar surface area (TPSA) is 59.2 Å². The van der Waals surface area contributed by atoms with E-state index in [0.717, 1.165) is 19.4 Å². The van der Waals surface area contributed by atoms with Gasteiger partial charge in [-0.05, 0) is 36.1 Å². The van der Waals surface area contributed by atoms with Crippen LogP contribution in [0.5, 0.6) is 0 Å². The van der Waals surface area contributed by atoms with Crippen LogP contribution in [0.4, 0.5) is 5.82 Å². The van der Waals surface area contributed by atoms with Crippen molar-refractivity contribution in [3.05, 3.63) is 95.7 Å². The van der Waals surface area contributed by atoms with Gasteiger partial charge in [-0.1, -0.05) is 60.7 Å². The number of likely N-dealkylation sites (tertiary alicyclic amines) is 1. The highest BCUT2D eigenvalue weighted by Gasteiger charge is 2.40. The lowest BCUT2D eigenvalue weighted by atomic mass is 9.69. The molecule has 0 unspecified atom stereocenters. The number of amides is 1. The highest BCUT2D eigenvalue weighted by atomic mass is 16.2. The van der Waals surface area contributed by atoms with Crippen LogP contribution in [0.2, 0.25) is 0 Å². The summed E-state index contributed by atoms with van der Waals surface area (Å²) in [5.41, 5.74) is 8.56. The van der Waals surface area contributed by atoms with E-state index in [1.54, 1.807) is 18.3 Å². The largest absolute Gasteiger partial charge is 0.384 e. The molecule has 1 aliphatic rings. The number of carbonyl (C=O) groups excluding carboxylic acids is 1. The molecule has 4 heteroatoms. The third-order valence-electron chi connectivity index (χ3n) is 5.47. The molecule has 1 aromatic heterocycles. The Morgan fingerprint density at radius 2 is 1.56 bits per heavy atom. The Balaban J connectivity index is 1.72. The lowest BCUT2D eigenvalue weighted by Gasteiger charge is -2.44. The molecule has 1 amide bonds. The average molecular weight is 357 g/mol. The number of nitrogen functional groups attached to an aromatic ring is 1. The zero-order chi connectivity index (χ0) is 18.7. The van der Waals surface area contributed by atoms with Gasteiger partial charge in [0, 0.05) is 24.7 Å². The van der Waals surface area contributed by atoms with Crippen molar-refractivity contribution in [2.75, 3.05) is 18.8 Å². The van der Waals surface area contributed by atoms with Gasteiger partial charge >= 0.3 is 0 Å². The van der Waals surface area contributed by atoms with Crippen LogP contribution in [0.25, 0.3) is 0 Å². The number of hydrogen-bond acceptors (Lipinski definition) is 3. The normalized spacial score (nSPS) is 16.1. The SMILES string of the molecule is Nc1ccc(C(=O)N2CCCC(c3ccccc3)(c3ccccc3)C2)cn1. The predicted molar refractivity (Wildman–Crippen MR) is 107 cm³/mol. The Hall–Kier alpha value is -3.14. The molecule has 0 saturated carbocycles. The number of piperidine rings is 1. The molecule has 2 N–H and O–H groups in total. The van der Waals surface area contributed by atoms with Crippen LogP contribution in [-0.4, -0.2) is 28.9 Å². The van der Waals surface area contributed by atoms with Gasteiger partial charge in [0.1, 0.15) is 5.82 Å². The van der Waals surface area contributed by atoms with Gasteiger partial charge in [0.2, 0.25) is 0 Å². The van der Waals surface area contributed by atoms with Gasteiger partial charge in [-0.3, -0.25) is 4.79 Å². The predicted octanol–water partition coefficient (Wildman–Crippen LogP) is 3.89. The van der Waals surface area contributed by atoms with Crippen molar-refractivity contribution < 1.29 is 4.79 Å². The van der Waals surface area contributed by atoms with Crippen LogP contribution < -0.4 is 5.73 Å². The van der Waals surface area contributed by atoms with E-state index in [9.17, 15) is 4.79 Å². The molecule has 1 saturated heterocycles. The molecule has 4 nitrogen and oxygen atoms in total. The molecule has 136 valence electrons. The van der Waals surface area contributed by atoms with Gasteiger partial charge in [-0.25, -0.2) is 4.98 Å². The van der Waals surface area contributed by atoms with Crippen LogP contribution >= 0.6 is 0 Å². The van der Waals surface area contributed by atoms with Crippen LogP contribution in [0.1, 0.15) is 34.3 Å². The van der Waals surface area contributed by atoms with E-state index in [-0.39, 0.29) is 11.3 Å². The maximum absolute atomic E-state index is 13.1. The Labute approximate surface area is 159 Å². The van der Waals surface area contributed by atoms with Crippen molar-refractivity contribution in [2.45, 2.75) is 18.3 Å². The standard InChI is InChI=1S/C23H23N3O/c24-21-13-12-18(16-25-21)22(27)26-15-7-14-23(17-26,19-8-3-1-4-9-19)20-10-5-2-6-11-20/h1-6,8-13,16H,7,14-15,17H2,(H2,24,25). The van der Waals surface area contributed by atoms with E-state index < -0.39 is 0 Å². The van der Waals surface area contributed by atoms with Crippen molar-refractivity contribution in [3.63, 3.8) is 0 Å². The summed E-state index contributed by atoms with van der Waals surface area (Å²) in [5.74, 6) is 0.437. The number of carbonyl (C=O) groups is 1. The number of nitrogens with zero attached hydrogens (tertiary/aromatic N) is 2. The van der Waals surface area contributed by atoms with E-state index in [0.29, 0.717) is 17.9 Å². The fourth-order valence-electron chi connectivity index (χ4n) is 4.10. The zero-order valence-corrected chi connectivity index (χ0v) is 15.2. The van der Waals surface area contributed by atoms with Gasteiger partial charge < -0.3 is 10.6 Å². The van der Waals surface area contributed by atoms with Gasteiger partial charge in [0.25, 0.3) is 5.91 Å². The molecular formula is C23H23N3O. The second kappa shape index (κ2) is 7.23. The molecule has 0 spiro atoms. The minimum atomic E-state index is -0.197. The van der Waals surface area contributed by atoms with Crippen molar-refractivity contribution in [2.24, 2.45) is 0 Å². The molecule has 3 aromatic rings. The van der Waals surface area contributed by atoms with Gasteiger partial charge in [-0.2, -0.15) is 0 Å². The second-order valence-electron chi connectivity index (χ2n) is 7.12. The molecule has 27 heavy (non-hydrogen) atoms. The van der Waals surface area contributed by atoms with Crippen molar-refractivity contribution >= 4 is 11.7 Å². The van der Waals surface area contributed by atoms with Gasteiger partial charge in [-0.15, -0.1) is 0 Å². The van der Waals surface area contributed by atoms with Crippen molar-refractivity contribution in [3.8, 4) is 0 Å². The Kier molecular flexibility index (Phi) is 4.63. The zero-order valence-electron chi connectivity index (χ0n) is 15.2. The molecule has 1 aliphatic heterocycles. The summed E-state index contributed by atoms with van der Waals surface area (Å²) < 4.78 is 0. The molecule has 4 rings (SSSR count). The third-order valence-corrected chi connectivity index (χ3v) is 5.47. The van der Waals surface area contributed by atoms with E-state index >= 15 is 0 Å². The maximum atomic E-state index is 13.1. The first-order valence-electron chi connectivity index (χ1n) is 9.31. The fourth-order valence-corrected chi connectivity index (χ4v) is 4.10. The van der Waals surface area contributed by atoms with Crippen LogP contribution in [0, 0.1) is 0 Å². The number of benzene rings is 2. The average Bonchev–Trinajstić information content (AvgIpc) is 2.75. The molecule has 1 fully saturated rings. The molecule has 0 atom stereocenters. The number of pyridine rings is 1. The highest BCUT2D eigenvalue weighted by Crippen LogP contribution is 2.40. The van der Waals surface area contributed by atoms with Gasteiger partial charge in [0.05, 0.1) is 5.56 Å².